The quantitative estimate of drug-likeness (QED) is 0.604. The number of carbonyl (C=O) groups excluding carboxylic acids is 1. The van der Waals surface area contributed by atoms with Gasteiger partial charge in [-0.15, -0.1) is 0 Å². The zero-order chi connectivity index (χ0) is 13.9. The molecule has 7 nitrogen and oxygen atoms in total. The maximum absolute atomic E-state index is 11.9. The second-order valence-corrected chi connectivity index (χ2v) is 5.47. The van der Waals surface area contributed by atoms with Gasteiger partial charge < -0.3 is 14.7 Å². The monoisotopic (exact) mass is 260 g/mol. The molecule has 1 amide bonds. The molecule has 0 unspecified atom stereocenters. The minimum atomic E-state index is -1.14. The number of ether oxygens (including phenoxy) is 1. The third kappa shape index (κ3) is 4.14. The molecule has 0 aromatic rings. The van der Waals surface area contributed by atoms with E-state index >= 15 is 0 Å². The minimum Gasteiger partial charge on any atom is -0.444 e. The lowest BCUT2D eigenvalue weighted by Gasteiger charge is -2.29. The van der Waals surface area contributed by atoms with E-state index in [2.05, 4.69) is 0 Å². The van der Waals surface area contributed by atoms with Crippen LogP contribution in [0.2, 0.25) is 0 Å². The number of hydrogen-bond acceptors (Lipinski definition) is 5. The Hall–Kier alpha value is -1.37. The zero-order valence-electron chi connectivity index (χ0n) is 11.0. The Morgan fingerprint density at radius 3 is 2.72 bits per heavy atom. The number of nitrogens with zero attached hydrogens (tertiary/aromatic N) is 2. The second kappa shape index (κ2) is 5.51. The van der Waals surface area contributed by atoms with Crippen LogP contribution >= 0.6 is 0 Å². The van der Waals surface area contributed by atoms with E-state index in [0.29, 0.717) is 13.0 Å². The van der Waals surface area contributed by atoms with E-state index in [1.165, 1.54) is 4.90 Å². The van der Waals surface area contributed by atoms with Crippen LogP contribution in [0.15, 0.2) is 0 Å². The molecule has 7 heteroatoms. The lowest BCUT2D eigenvalue weighted by molar-refractivity contribution is -0.491. The molecule has 1 rings (SSSR count). The van der Waals surface area contributed by atoms with E-state index in [9.17, 15) is 20.0 Å². The van der Waals surface area contributed by atoms with Crippen LogP contribution in [0.1, 0.15) is 33.6 Å². The molecule has 1 aliphatic rings. The van der Waals surface area contributed by atoms with Crippen LogP contribution in [0.5, 0.6) is 0 Å². The van der Waals surface area contributed by atoms with Crippen molar-refractivity contribution in [3.8, 4) is 0 Å². The van der Waals surface area contributed by atoms with Crippen molar-refractivity contribution >= 4 is 6.09 Å². The molecule has 0 spiro atoms. The molecular weight excluding hydrogens is 240 g/mol. The average molecular weight is 260 g/mol. The van der Waals surface area contributed by atoms with Crippen molar-refractivity contribution in [2.24, 2.45) is 0 Å². The summed E-state index contributed by atoms with van der Waals surface area (Å²) in [6.07, 6.45) is -0.380. The lowest BCUT2D eigenvalue weighted by atomic mass is 10.1. The van der Waals surface area contributed by atoms with Crippen LogP contribution < -0.4 is 0 Å². The Bertz CT molecular complexity index is 326. The summed E-state index contributed by atoms with van der Waals surface area (Å²) in [5, 5.41) is 20.1. The van der Waals surface area contributed by atoms with Gasteiger partial charge in [0, 0.05) is 11.5 Å². The maximum atomic E-state index is 11.9. The molecule has 0 aromatic heterocycles. The summed E-state index contributed by atoms with van der Waals surface area (Å²) in [5.41, 5.74) is -0.613. The predicted octanol–water partition coefficient (Wildman–Crippen LogP) is 1.02. The van der Waals surface area contributed by atoms with Crippen LogP contribution in [0.4, 0.5) is 4.79 Å². The van der Waals surface area contributed by atoms with Crippen molar-refractivity contribution in [2.75, 3.05) is 13.1 Å². The topological polar surface area (TPSA) is 92.9 Å². The first-order chi connectivity index (χ1) is 8.20. The van der Waals surface area contributed by atoms with Gasteiger partial charge in [-0.2, -0.15) is 0 Å². The van der Waals surface area contributed by atoms with E-state index in [-0.39, 0.29) is 0 Å². The summed E-state index contributed by atoms with van der Waals surface area (Å²) >= 11 is 0. The normalized spacial score (nSPS) is 21.8. The number of likely N-dealkylation sites (tertiary alicyclic amines) is 1. The Morgan fingerprint density at radius 2 is 2.22 bits per heavy atom. The van der Waals surface area contributed by atoms with Crippen LogP contribution in [-0.2, 0) is 4.74 Å². The molecule has 0 saturated carbocycles. The van der Waals surface area contributed by atoms with Gasteiger partial charge in [-0.1, -0.05) is 0 Å². The molecule has 2 atom stereocenters. The van der Waals surface area contributed by atoms with Crippen LogP contribution in [0, 0.1) is 10.1 Å². The summed E-state index contributed by atoms with van der Waals surface area (Å²) in [6.45, 7) is 5.18. The highest BCUT2D eigenvalue weighted by Crippen LogP contribution is 2.23. The first-order valence-electron chi connectivity index (χ1n) is 6.00. The van der Waals surface area contributed by atoms with Crippen molar-refractivity contribution in [1.29, 1.82) is 0 Å². The van der Waals surface area contributed by atoms with Gasteiger partial charge in [0.05, 0.1) is 6.04 Å². The molecule has 0 aliphatic carbocycles. The van der Waals surface area contributed by atoms with Gasteiger partial charge >= 0.3 is 6.09 Å². The molecule has 0 radical (unpaired) electrons. The van der Waals surface area contributed by atoms with Crippen molar-refractivity contribution < 1.29 is 19.6 Å². The molecule has 1 N–H and O–H groups in total. The summed E-state index contributed by atoms with van der Waals surface area (Å²) < 4.78 is 5.21. The number of rotatable bonds is 3. The fraction of sp³-hybridized carbons (Fsp3) is 0.909. The van der Waals surface area contributed by atoms with Crippen molar-refractivity contribution in [2.45, 2.75) is 51.4 Å². The van der Waals surface area contributed by atoms with E-state index in [4.69, 9.17) is 4.74 Å². The Morgan fingerprint density at radius 1 is 1.61 bits per heavy atom. The number of aliphatic hydroxyl groups excluding tert-OH is 1. The smallest absolute Gasteiger partial charge is 0.410 e. The van der Waals surface area contributed by atoms with Gasteiger partial charge in [-0.05, 0) is 33.6 Å². The average Bonchev–Trinajstić information content (AvgIpc) is 2.61. The van der Waals surface area contributed by atoms with Crippen LogP contribution in [0.3, 0.4) is 0 Å². The van der Waals surface area contributed by atoms with Gasteiger partial charge in [-0.25, -0.2) is 4.79 Å². The van der Waals surface area contributed by atoms with Gasteiger partial charge in [-0.3, -0.25) is 10.1 Å². The third-order valence-corrected chi connectivity index (χ3v) is 2.71. The molecule has 18 heavy (non-hydrogen) atoms. The van der Waals surface area contributed by atoms with E-state index in [0.717, 1.165) is 6.42 Å². The molecule has 1 aliphatic heterocycles. The van der Waals surface area contributed by atoms with E-state index in [1.54, 1.807) is 20.8 Å². The standard InChI is InChI=1S/C11H20N2O5/c1-11(2,3)18-10(15)12-6-4-5-8(12)9(14)7-13(16)17/h8-9,14H,4-7H2,1-3H3/t8-,9+/m1/s1. The van der Waals surface area contributed by atoms with Gasteiger partial charge in [0.25, 0.3) is 0 Å². The summed E-state index contributed by atoms with van der Waals surface area (Å²) in [5.74, 6) is 0. The molecule has 1 saturated heterocycles. The Balaban J connectivity index is 2.64. The number of amides is 1. The number of aliphatic hydroxyl groups is 1. The SMILES string of the molecule is CC(C)(C)OC(=O)N1CCC[C@@H]1[C@@H](O)C[N+](=O)[O-]. The summed E-state index contributed by atoms with van der Waals surface area (Å²) in [7, 11) is 0. The van der Waals surface area contributed by atoms with E-state index < -0.39 is 35.3 Å². The highest BCUT2D eigenvalue weighted by molar-refractivity contribution is 5.69. The molecule has 1 heterocycles. The predicted molar refractivity (Wildman–Crippen MR) is 63.8 cm³/mol. The fourth-order valence-electron chi connectivity index (χ4n) is 2.01. The minimum absolute atomic E-state index is 0.467. The molecule has 1 fully saturated rings. The molecular formula is C11H20N2O5. The summed E-state index contributed by atoms with van der Waals surface area (Å²) in [6, 6.07) is -0.523. The highest BCUT2D eigenvalue weighted by Gasteiger charge is 2.38. The van der Waals surface area contributed by atoms with Gasteiger partial charge in [0.15, 0.2) is 0 Å². The highest BCUT2D eigenvalue weighted by atomic mass is 16.6. The second-order valence-electron chi connectivity index (χ2n) is 5.47. The van der Waals surface area contributed by atoms with Crippen LogP contribution in [-0.4, -0.2) is 51.9 Å². The maximum Gasteiger partial charge on any atom is 0.410 e. The largest absolute Gasteiger partial charge is 0.444 e. The third-order valence-electron chi connectivity index (χ3n) is 2.71. The number of hydrogen-bond donors (Lipinski definition) is 1. The number of carbonyl (C=O) groups is 1. The molecule has 0 aromatic carbocycles. The zero-order valence-corrected chi connectivity index (χ0v) is 11.0. The lowest BCUT2D eigenvalue weighted by Crippen LogP contribution is -2.47. The van der Waals surface area contributed by atoms with E-state index in [1.807, 2.05) is 0 Å². The summed E-state index contributed by atoms with van der Waals surface area (Å²) in [4.78, 5) is 23.1. The van der Waals surface area contributed by atoms with Crippen LogP contribution in [0.25, 0.3) is 0 Å². The van der Waals surface area contributed by atoms with Crippen molar-refractivity contribution in [3.63, 3.8) is 0 Å². The molecule has 0 bridgehead atoms. The Labute approximate surface area is 106 Å². The van der Waals surface area contributed by atoms with Gasteiger partial charge in [0.1, 0.15) is 11.7 Å². The van der Waals surface area contributed by atoms with Gasteiger partial charge in [0.2, 0.25) is 6.54 Å². The first-order valence-corrected chi connectivity index (χ1v) is 6.00. The molecule has 104 valence electrons. The number of nitro groups is 1. The van der Waals surface area contributed by atoms with Crippen molar-refractivity contribution in [1.82, 2.24) is 4.90 Å². The first kappa shape index (κ1) is 14.7. The fourth-order valence-corrected chi connectivity index (χ4v) is 2.01. The Kier molecular flexibility index (Phi) is 4.50. The van der Waals surface area contributed by atoms with Crippen molar-refractivity contribution in [3.05, 3.63) is 10.1 Å².